The molecule has 0 radical (unpaired) electrons. The highest BCUT2D eigenvalue weighted by atomic mass is 79.9. The van der Waals surface area contributed by atoms with Crippen molar-refractivity contribution >= 4 is 31.9 Å². The van der Waals surface area contributed by atoms with Crippen LogP contribution in [0.25, 0.3) is 11.3 Å². The number of hydrogen-bond donors (Lipinski definition) is 1. The Kier molecular flexibility index (Phi) is 4.63. The number of rotatable bonds is 5. The summed E-state index contributed by atoms with van der Waals surface area (Å²) < 4.78 is 13.2. The minimum atomic E-state index is 0.662. The molecular weight excluding hydrogens is 398 g/mol. The van der Waals surface area contributed by atoms with Crippen molar-refractivity contribution in [1.82, 2.24) is 5.32 Å². The highest BCUT2D eigenvalue weighted by Gasteiger charge is 2.08. The highest BCUT2D eigenvalue weighted by Crippen LogP contribution is 2.31. The molecule has 108 valence electrons. The Labute approximate surface area is 139 Å². The first-order valence-electron chi connectivity index (χ1n) is 6.49. The first-order valence-corrected chi connectivity index (χ1v) is 8.08. The molecular formula is C16H13Br2NO2. The predicted octanol–water partition coefficient (Wildman–Crippen LogP) is 5.35. The molecule has 1 N–H and O–H groups in total. The largest absolute Gasteiger partial charge is 0.468 e. The maximum Gasteiger partial charge on any atom is 0.135 e. The maximum absolute atomic E-state index is 5.87. The Morgan fingerprint density at radius 1 is 0.952 bits per heavy atom. The SMILES string of the molecule is Brc1ccc(-c2ccc(CNCc3ccco3)o2)c(Br)c1. The highest BCUT2D eigenvalue weighted by molar-refractivity contribution is 9.11. The lowest BCUT2D eigenvalue weighted by Crippen LogP contribution is -2.11. The van der Waals surface area contributed by atoms with Gasteiger partial charge in [0.2, 0.25) is 0 Å². The van der Waals surface area contributed by atoms with E-state index in [9.17, 15) is 0 Å². The third kappa shape index (κ3) is 3.67. The van der Waals surface area contributed by atoms with Crippen LogP contribution in [0, 0.1) is 0 Å². The van der Waals surface area contributed by atoms with Crippen molar-refractivity contribution in [1.29, 1.82) is 0 Å². The lowest BCUT2D eigenvalue weighted by Gasteiger charge is -2.02. The monoisotopic (exact) mass is 409 g/mol. The fraction of sp³-hybridized carbons (Fsp3) is 0.125. The van der Waals surface area contributed by atoms with Crippen LogP contribution in [-0.4, -0.2) is 0 Å². The molecule has 2 heterocycles. The van der Waals surface area contributed by atoms with Gasteiger partial charge in [-0.05, 0) is 58.4 Å². The van der Waals surface area contributed by atoms with Crippen LogP contribution < -0.4 is 5.32 Å². The van der Waals surface area contributed by atoms with Gasteiger partial charge in [-0.1, -0.05) is 15.9 Å². The van der Waals surface area contributed by atoms with Gasteiger partial charge in [0.25, 0.3) is 0 Å². The molecule has 21 heavy (non-hydrogen) atoms. The Balaban J connectivity index is 1.65. The molecule has 0 saturated carbocycles. The number of hydrogen-bond acceptors (Lipinski definition) is 3. The van der Waals surface area contributed by atoms with Crippen molar-refractivity contribution in [2.75, 3.05) is 0 Å². The van der Waals surface area contributed by atoms with E-state index in [0.29, 0.717) is 13.1 Å². The quantitative estimate of drug-likeness (QED) is 0.615. The number of halogens is 2. The van der Waals surface area contributed by atoms with E-state index >= 15 is 0 Å². The topological polar surface area (TPSA) is 38.3 Å². The normalized spacial score (nSPS) is 11.0. The molecule has 0 aliphatic carbocycles. The van der Waals surface area contributed by atoms with Crippen molar-refractivity contribution in [3.05, 3.63) is 69.2 Å². The minimum Gasteiger partial charge on any atom is -0.468 e. The molecule has 3 nitrogen and oxygen atoms in total. The fourth-order valence-electron chi connectivity index (χ4n) is 2.03. The molecule has 0 spiro atoms. The zero-order valence-corrected chi connectivity index (χ0v) is 14.3. The first kappa shape index (κ1) is 14.6. The van der Waals surface area contributed by atoms with Crippen LogP contribution >= 0.6 is 31.9 Å². The van der Waals surface area contributed by atoms with Crippen molar-refractivity contribution in [2.24, 2.45) is 0 Å². The van der Waals surface area contributed by atoms with Gasteiger partial charge in [0, 0.05) is 14.5 Å². The Bertz CT molecular complexity index is 720. The average molecular weight is 411 g/mol. The van der Waals surface area contributed by atoms with Crippen LogP contribution in [-0.2, 0) is 13.1 Å². The van der Waals surface area contributed by atoms with Gasteiger partial charge in [-0.25, -0.2) is 0 Å². The molecule has 0 aliphatic rings. The van der Waals surface area contributed by atoms with E-state index in [0.717, 1.165) is 31.8 Å². The average Bonchev–Trinajstić information content (AvgIpc) is 3.10. The van der Waals surface area contributed by atoms with Crippen molar-refractivity contribution < 1.29 is 8.83 Å². The third-order valence-electron chi connectivity index (χ3n) is 3.04. The van der Waals surface area contributed by atoms with Gasteiger partial charge in [-0.3, -0.25) is 0 Å². The molecule has 0 atom stereocenters. The molecule has 3 aromatic rings. The molecule has 2 aromatic heterocycles. The predicted molar refractivity (Wildman–Crippen MR) is 88.8 cm³/mol. The Hall–Kier alpha value is -1.30. The van der Waals surface area contributed by atoms with Gasteiger partial charge >= 0.3 is 0 Å². The molecule has 0 unspecified atom stereocenters. The molecule has 3 rings (SSSR count). The minimum absolute atomic E-state index is 0.662. The van der Waals surface area contributed by atoms with Crippen LogP contribution in [0.15, 0.2) is 66.5 Å². The third-order valence-corrected chi connectivity index (χ3v) is 4.19. The Morgan fingerprint density at radius 2 is 1.81 bits per heavy atom. The van der Waals surface area contributed by atoms with Gasteiger partial charge in [-0.2, -0.15) is 0 Å². The summed E-state index contributed by atoms with van der Waals surface area (Å²) in [7, 11) is 0. The van der Waals surface area contributed by atoms with Gasteiger partial charge < -0.3 is 14.2 Å². The van der Waals surface area contributed by atoms with Crippen LogP contribution in [0.3, 0.4) is 0 Å². The second-order valence-electron chi connectivity index (χ2n) is 4.57. The van der Waals surface area contributed by atoms with Gasteiger partial charge in [0.05, 0.1) is 19.4 Å². The molecule has 0 amide bonds. The van der Waals surface area contributed by atoms with E-state index in [2.05, 4.69) is 37.2 Å². The summed E-state index contributed by atoms with van der Waals surface area (Å²) in [5, 5.41) is 3.29. The van der Waals surface area contributed by atoms with Gasteiger partial charge in [0.1, 0.15) is 17.3 Å². The second kappa shape index (κ2) is 6.64. The summed E-state index contributed by atoms with van der Waals surface area (Å²) in [6.07, 6.45) is 1.67. The zero-order chi connectivity index (χ0) is 14.7. The van der Waals surface area contributed by atoms with Crippen LogP contribution in [0.2, 0.25) is 0 Å². The van der Waals surface area contributed by atoms with Crippen molar-refractivity contribution in [2.45, 2.75) is 13.1 Å². The van der Waals surface area contributed by atoms with E-state index < -0.39 is 0 Å². The van der Waals surface area contributed by atoms with Gasteiger partial charge in [0.15, 0.2) is 0 Å². The second-order valence-corrected chi connectivity index (χ2v) is 6.34. The van der Waals surface area contributed by atoms with E-state index in [4.69, 9.17) is 8.83 Å². The molecule has 0 saturated heterocycles. The van der Waals surface area contributed by atoms with E-state index in [-0.39, 0.29) is 0 Å². The summed E-state index contributed by atoms with van der Waals surface area (Å²) in [4.78, 5) is 0. The smallest absolute Gasteiger partial charge is 0.135 e. The molecule has 0 aliphatic heterocycles. The summed E-state index contributed by atoms with van der Waals surface area (Å²) >= 11 is 7.00. The standard InChI is InChI=1S/C16H13Br2NO2/c17-11-3-5-14(15(18)8-11)16-6-4-13(21-16)10-19-9-12-2-1-7-20-12/h1-8,19H,9-10H2. The number of nitrogens with one attached hydrogen (secondary N) is 1. The first-order chi connectivity index (χ1) is 10.2. The number of benzene rings is 1. The lowest BCUT2D eigenvalue weighted by molar-refractivity contribution is 0.455. The van der Waals surface area contributed by atoms with Crippen molar-refractivity contribution in [3.8, 4) is 11.3 Å². The van der Waals surface area contributed by atoms with Crippen LogP contribution in [0.5, 0.6) is 0 Å². The lowest BCUT2D eigenvalue weighted by atomic mass is 10.2. The maximum atomic E-state index is 5.87. The van der Waals surface area contributed by atoms with Crippen LogP contribution in [0.4, 0.5) is 0 Å². The van der Waals surface area contributed by atoms with E-state index in [1.807, 2.05) is 42.5 Å². The van der Waals surface area contributed by atoms with Gasteiger partial charge in [-0.15, -0.1) is 0 Å². The van der Waals surface area contributed by atoms with E-state index in [1.165, 1.54) is 0 Å². The summed E-state index contributed by atoms with van der Waals surface area (Å²) in [5.74, 6) is 2.66. The Morgan fingerprint density at radius 3 is 2.57 bits per heavy atom. The number of furan rings is 2. The van der Waals surface area contributed by atoms with Crippen LogP contribution in [0.1, 0.15) is 11.5 Å². The summed E-state index contributed by atoms with van der Waals surface area (Å²) in [6.45, 7) is 1.35. The molecule has 5 heteroatoms. The van der Waals surface area contributed by atoms with Crippen molar-refractivity contribution in [3.63, 3.8) is 0 Å². The molecule has 0 bridgehead atoms. The molecule has 1 aromatic carbocycles. The zero-order valence-electron chi connectivity index (χ0n) is 11.1. The fourth-order valence-corrected chi connectivity index (χ4v) is 3.27. The summed E-state index contributed by atoms with van der Waals surface area (Å²) in [6, 6.07) is 13.8. The molecule has 0 fully saturated rings. The van der Waals surface area contributed by atoms with E-state index in [1.54, 1.807) is 6.26 Å². The summed E-state index contributed by atoms with van der Waals surface area (Å²) in [5.41, 5.74) is 1.04.